The Morgan fingerprint density at radius 1 is 1.33 bits per heavy atom. The van der Waals surface area contributed by atoms with Gasteiger partial charge in [0.1, 0.15) is 0 Å². The first kappa shape index (κ1) is 16.1. The third kappa shape index (κ3) is 4.89. The number of likely N-dealkylation sites (tertiary alicyclic amines) is 1. The van der Waals surface area contributed by atoms with Crippen molar-refractivity contribution in [3.8, 4) is 6.07 Å². The van der Waals surface area contributed by atoms with Crippen molar-refractivity contribution < 1.29 is 0 Å². The summed E-state index contributed by atoms with van der Waals surface area (Å²) >= 11 is 0. The van der Waals surface area contributed by atoms with E-state index in [2.05, 4.69) is 28.2 Å². The van der Waals surface area contributed by atoms with Crippen molar-refractivity contribution in [1.82, 2.24) is 10.2 Å². The summed E-state index contributed by atoms with van der Waals surface area (Å²) in [6.45, 7) is 6.25. The molecule has 0 aromatic heterocycles. The Hall–Kier alpha value is -1.28. The molecule has 0 radical (unpaired) electrons. The van der Waals surface area contributed by atoms with Crippen molar-refractivity contribution in [3.05, 3.63) is 0 Å². The molecule has 5 nitrogen and oxygen atoms in total. The van der Waals surface area contributed by atoms with Crippen LogP contribution in [-0.4, -0.2) is 43.1 Å². The molecule has 1 heterocycles. The fourth-order valence-electron chi connectivity index (χ4n) is 3.52. The monoisotopic (exact) mass is 291 g/mol. The third-order valence-electron chi connectivity index (χ3n) is 4.97. The third-order valence-corrected chi connectivity index (χ3v) is 4.97. The first-order valence-corrected chi connectivity index (χ1v) is 8.40. The number of hydrogen-bond acceptors (Lipinski definition) is 3. The quantitative estimate of drug-likeness (QED) is 0.597. The second-order valence-electron chi connectivity index (χ2n) is 6.38. The SMILES string of the molecule is CCN1CCCC1CNC(N)=NCC1CCC(C#N)CC1. The summed E-state index contributed by atoms with van der Waals surface area (Å²) in [6, 6.07) is 2.98. The average Bonchev–Trinajstić information content (AvgIpc) is 2.99. The van der Waals surface area contributed by atoms with E-state index >= 15 is 0 Å². The molecule has 2 fully saturated rings. The molecule has 0 aromatic carbocycles. The van der Waals surface area contributed by atoms with Gasteiger partial charge in [0.25, 0.3) is 0 Å². The maximum absolute atomic E-state index is 8.90. The predicted octanol–water partition coefficient (Wildman–Crippen LogP) is 1.70. The molecule has 0 aromatic rings. The molecule has 1 saturated carbocycles. The molecule has 1 atom stereocenters. The lowest BCUT2D eigenvalue weighted by Gasteiger charge is -2.24. The number of hydrogen-bond donors (Lipinski definition) is 2. The van der Waals surface area contributed by atoms with Gasteiger partial charge in [0.15, 0.2) is 5.96 Å². The molecule has 0 amide bonds. The molecule has 0 spiro atoms. The van der Waals surface area contributed by atoms with Crippen molar-refractivity contribution in [3.63, 3.8) is 0 Å². The first-order valence-electron chi connectivity index (χ1n) is 8.40. The molecule has 2 aliphatic rings. The van der Waals surface area contributed by atoms with Crippen LogP contribution in [0.5, 0.6) is 0 Å². The van der Waals surface area contributed by atoms with Crippen LogP contribution in [0.15, 0.2) is 4.99 Å². The van der Waals surface area contributed by atoms with Gasteiger partial charge >= 0.3 is 0 Å². The minimum Gasteiger partial charge on any atom is -0.370 e. The summed E-state index contributed by atoms with van der Waals surface area (Å²) in [6.07, 6.45) is 6.82. The fraction of sp³-hybridized carbons (Fsp3) is 0.875. The molecule has 5 heteroatoms. The normalized spacial score (nSPS) is 31.0. The second kappa shape index (κ2) is 8.23. The van der Waals surface area contributed by atoms with Gasteiger partial charge in [-0.25, -0.2) is 0 Å². The molecule has 118 valence electrons. The van der Waals surface area contributed by atoms with Crippen molar-refractivity contribution in [1.29, 1.82) is 5.26 Å². The molecule has 0 bridgehead atoms. The summed E-state index contributed by atoms with van der Waals surface area (Å²) in [5.41, 5.74) is 5.98. The van der Waals surface area contributed by atoms with Gasteiger partial charge in [-0.1, -0.05) is 6.92 Å². The molecule has 1 aliphatic heterocycles. The molecular weight excluding hydrogens is 262 g/mol. The highest BCUT2D eigenvalue weighted by Gasteiger charge is 2.23. The van der Waals surface area contributed by atoms with E-state index in [9.17, 15) is 0 Å². The lowest BCUT2D eigenvalue weighted by Crippen LogP contribution is -2.43. The number of nitrogens with zero attached hydrogens (tertiary/aromatic N) is 3. The maximum atomic E-state index is 8.90. The smallest absolute Gasteiger partial charge is 0.188 e. The van der Waals surface area contributed by atoms with Gasteiger partial charge in [0.2, 0.25) is 0 Å². The number of guanidine groups is 1. The zero-order valence-corrected chi connectivity index (χ0v) is 13.2. The van der Waals surface area contributed by atoms with Crippen LogP contribution in [0.2, 0.25) is 0 Å². The van der Waals surface area contributed by atoms with E-state index in [1.165, 1.54) is 19.4 Å². The van der Waals surface area contributed by atoms with E-state index in [1.54, 1.807) is 0 Å². The number of likely N-dealkylation sites (N-methyl/N-ethyl adjacent to an activating group) is 1. The van der Waals surface area contributed by atoms with Gasteiger partial charge in [-0.05, 0) is 57.5 Å². The predicted molar refractivity (Wildman–Crippen MR) is 85.8 cm³/mol. The van der Waals surface area contributed by atoms with Crippen LogP contribution in [0, 0.1) is 23.2 Å². The Bertz CT molecular complexity index is 379. The van der Waals surface area contributed by atoms with E-state index in [4.69, 9.17) is 11.0 Å². The van der Waals surface area contributed by atoms with Gasteiger partial charge in [-0.3, -0.25) is 9.89 Å². The molecule has 3 N–H and O–H groups in total. The number of nitrogens with one attached hydrogen (secondary N) is 1. The summed E-state index contributed by atoms with van der Waals surface area (Å²) in [7, 11) is 0. The molecule has 1 aliphatic carbocycles. The largest absolute Gasteiger partial charge is 0.370 e. The van der Waals surface area contributed by atoms with Crippen LogP contribution < -0.4 is 11.1 Å². The van der Waals surface area contributed by atoms with Gasteiger partial charge in [-0.2, -0.15) is 5.26 Å². The maximum Gasteiger partial charge on any atom is 0.188 e. The minimum atomic E-state index is 0.267. The minimum absolute atomic E-state index is 0.267. The van der Waals surface area contributed by atoms with Crippen molar-refractivity contribution in [2.24, 2.45) is 22.6 Å². The lowest BCUT2D eigenvalue weighted by atomic mass is 9.83. The van der Waals surface area contributed by atoms with Crippen LogP contribution in [-0.2, 0) is 0 Å². The van der Waals surface area contributed by atoms with E-state index in [-0.39, 0.29) is 5.92 Å². The molecule has 21 heavy (non-hydrogen) atoms. The highest BCUT2D eigenvalue weighted by molar-refractivity contribution is 5.77. The highest BCUT2D eigenvalue weighted by Crippen LogP contribution is 2.28. The standard InChI is InChI=1S/C16H29N5/c1-2-21-9-3-4-15(21)12-20-16(18)19-11-14-7-5-13(10-17)6-8-14/h13-15H,2-9,11-12H2,1H3,(H3,18,19,20). The highest BCUT2D eigenvalue weighted by atomic mass is 15.2. The summed E-state index contributed by atoms with van der Waals surface area (Å²) in [4.78, 5) is 7.00. The van der Waals surface area contributed by atoms with Crippen LogP contribution in [0.4, 0.5) is 0 Å². The van der Waals surface area contributed by atoms with Gasteiger partial charge < -0.3 is 11.1 Å². The Morgan fingerprint density at radius 2 is 2.10 bits per heavy atom. The van der Waals surface area contributed by atoms with Gasteiger partial charge in [0, 0.05) is 25.0 Å². The molecule has 1 unspecified atom stereocenters. The number of rotatable bonds is 5. The van der Waals surface area contributed by atoms with Crippen LogP contribution in [0.1, 0.15) is 45.4 Å². The van der Waals surface area contributed by atoms with Crippen molar-refractivity contribution >= 4 is 5.96 Å². The van der Waals surface area contributed by atoms with Crippen LogP contribution in [0.3, 0.4) is 0 Å². The van der Waals surface area contributed by atoms with Crippen molar-refractivity contribution in [2.75, 3.05) is 26.2 Å². The summed E-state index contributed by atoms with van der Waals surface area (Å²) in [5, 5.41) is 12.2. The summed E-state index contributed by atoms with van der Waals surface area (Å²) in [5.74, 6) is 1.46. The first-order chi connectivity index (χ1) is 10.2. The summed E-state index contributed by atoms with van der Waals surface area (Å²) < 4.78 is 0. The zero-order valence-electron chi connectivity index (χ0n) is 13.2. The van der Waals surface area contributed by atoms with E-state index in [0.717, 1.165) is 45.3 Å². The molecule has 1 saturated heterocycles. The van der Waals surface area contributed by atoms with E-state index in [1.807, 2.05) is 0 Å². The Labute approximate surface area is 128 Å². The Morgan fingerprint density at radius 3 is 2.76 bits per heavy atom. The van der Waals surface area contributed by atoms with Gasteiger partial charge in [0.05, 0.1) is 6.07 Å². The molecule has 2 rings (SSSR count). The Balaban J connectivity index is 1.66. The van der Waals surface area contributed by atoms with Crippen molar-refractivity contribution in [2.45, 2.75) is 51.5 Å². The number of nitrogens with two attached hydrogens (primary N) is 1. The molecular formula is C16H29N5. The zero-order chi connectivity index (χ0) is 15.1. The van der Waals surface area contributed by atoms with Crippen LogP contribution in [0.25, 0.3) is 0 Å². The number of aliphatic imine (C=N–C) groups is 1. The average molecular weight is 291 g/mol. The van der Waals surface area contributed by atoms with Gasteiger partial charge in [-0.15, -0.1) is 0 Å². The fourth-order valence-corrected chi connectivity index (χ4v) is 3.52. The van der Waals surface area contributed by atoms with Crippen LogP contribution >= 0.6 is 0 Å². The van der Waals surface area contributed by atoms with E-state index in [0.29, 0.717) is 17.9 Å². The topological polar surface area (TPSA) is 77.4 Å². The van der Waals surface area contributed by atoms with E-state index < -0.39 is 0 Å². The lowest BCUT2D eigenvalue weighted by molar-refractivity contribution is 0.267. The number of nitriles is 1. The second-order valence-corrected chi connectivity index (χ2v) is 6.38. The Kier molecular flexibility index (Phi) is 6.31.